The second kappa shape index (κ2) is 7.60. The fraction of sp³-hybridized carbons (Fsp3) is 0.500. The zero-order valence-electron chi connectivity index (χ0n) is 11.1. The number of aromatic nitrogens is 1. The van der Waals surface area contributed by atoms with E-state index in [0.29, 0.717) is 6.42 Å². The highest BCUT2D eigenvalue weighted by Gasteiger charge is 2.11. The molecular weight excluding hydrogens is 264 g/mol. The van der Waals surface area contributed by atoms with E-state index in [1.54, 1.807) is 6.20 Å². The normalized spacial score (nSPS) is 16.5. The van der Waals surface area contributed by atoms with Crippen molar-refractivity contribution in [2.24, 2.45) is 0 Å². The lowest BCUT2D eigenvalue weighted by Gasteiger charge is -2.16. The lowest BCUT2D eigenvalue weighted by Crippen LogP contribution is -2.20. The first-order chi connectivity index (χ1) is 8.70. The van der Waals surface area contributed by atoms with Gasteiger partial charge in [0.2, 0.25) is 0 Å². The van der Waals surface area contributed by atoms with E-state index in [0.717, 1.165) is 36.3 Å². The molecule has 1 aromatic heterocycles. The Hall–Kier alpha value is -0.940. The van der Waals surface area contributed by atoms with E-state index in [1.807, 2.05) is 13.0 Å². The van der Waals surface area contributed by atoms with Crippen molar-refractivity contribution in [3.63, 3.8) is 0 Å². The minimum absolute atomic E-state index is 0. The van der Waals surface area contributed by atoms with Crippen LogP contribution in [0.2, 0.25) is 0 Å². The third kappa shape index (κ3) is 4.28. The summed E-state index contributed by atoms with van der Waals surface area (Å²) in [7, 11) is 0. The maximum atomic E-state index is 9.42. The van der Waals surface area contributed by atoms with Crippen LogP contribution in [0.1, 0.15) is 23.2 Å². The first-order valence-corrected chi connectivity index (χ1v) is 6.35. The molecule has 4 nitrogen and oxygen atoms in total. The van der Waals surface area contributed by atoms with Crippen molar-refractivity contribution >= 4 is 18.0 Å². The molecule has 0 fully saturated rings. The summed E-state index contributed by atoms with van der Waals surface area (Å²) in [5.41, 5.74) is 4.44. The minimum atomic E-state index is -0.699. The van der Waals surface area contributed by atoms with Gasteiger partial charge in [0, 0.05) is 19.2 Å². The Bertz CT molecular complexity index is 449. The van der Waals surface area contributed by atoms with Crippen LogP contribution in [0.25, 0.3) is 5.57 Å². The third-order valence-corrected chi connectivity index (χ3v) is 3.19. The van der Waals surface area contributed by atoms with E-state index in [-0.39, 0.29) is 19.0 Å². The molecule has 0 bridgehead atoms. The second-order valence-electron chi connectivity index (χ2n) is 4.73. The summed E-state index contributed by atoms with van der Waals surface area (Å²) in [6.45, 7) is 3.73. The minimum Gasteiger partial charge on any atom is -0.394 e. The predicted octanol–water partition coefficient (Wildman–Crippen LogP) is 1.08. The third-order valence-electron chi connectivity index (χ3n) is 3.19. The molecule has 0 unspecified atom stereocenters. The SMILES string of the molecule is Cc1cc(C[C@@H](O)CO)cnc1C1=CCNCC1.Cl. The molecular formula is C14H21ClN2O2. The molecule has 0 saturated heterocycles. The Morgan fingerprint density at radius 3 is 2.84 bits per heavy atom. The van der Waals surface area contributed by atoms with Crippen LogP contribution in [-0.2, 0) is 6.42 Å². The molecule has 0 aromatic carbocycles. The van der Waals surface area contributed by atoms with Crippen LogP contribution in [-0.4, -0.2) is 41.0 Å². The molecule has 0 aliphatic carbocycles. The van der Waals surface area contributed by atoms with Gasteiger partial charge in [-0.2, -0.15) is 0 Å². The molecule has 2 heterocycles. The number of aliphatic hydroxyl groups excluding tert-OH is 2. The summed E-state index contributed by atoms with van der Waals surface area (Å²) in [4.78, 5) is 4.50. The topological polar surface area (TPSA) is 65.4 Å². The molecule has 3 N–H and O–H groups in total. The van der Waals surface area contributed by atoms with Crippen molar-refractivity contribution in [3.8, 4) is 0 Å². The van der Waals surface area contributed by atoms with Crippen LogP contribution in [0, 0.1) is 6.92 Å². The van der Waals surface area contributed by atoms with Crippen LogP contribution in [0.4, 0.5) is 0 Å². The molecule has 0 spiro atoms. The van der Waals surface area contributed by atoms with Gasteiger partial charge in [-0.3, -0.25) is 4.98 Å². The van der Waals surface area contributed by atoms with Gasteiger partial charge in [-0.1, -0.05) is 12.1 Å². The van der Waals surface area contributed by atoms with Gasteiger partial charge < -0.3 is 15.5 Å². The van der Waals surface area contributed by atoms with Crippen molar-refractivity contribution < 1.29 is 10.2 Å². The molecule has 1 aliphatic rings. The number of pyridine rings is 1. The van der Waals surface area contributed by atoms with Crippen molar-refractivity contribution in [3.05, 3.63) is 35.2 Å². The van der Waals surface area contributed by atoms with Gasteiger partial charge in [-0.15, -0.1) is 12.4 Å². The van der Waals surface area contributed by atoms with Crippen LogP contribution >= 0.6 is 12.4 Å². The zero-order valence-corrected chi connectivity index (χ0v) is 11.9. The quantitative estimate of drug-likeness (QED) is 0.774. The van der Waals surface area contributed by atoms with Crippen molar-refractivity contribution in [1.82, 2.24) is 10.3 Å². The van der Waals surface area contributed by atoms with Crippen LogP contribution in [0.5, 0.6) is 0 Å². The Morgan fingerprint density at radius 2 is 2.26 bits per heavy atom. The highest BCUT2D eigenvalue weighted by molar-refractivity contribution is 5.85. The summed E-state index contributed by atoms with van der Waals surface area (Å²) in [6, 6.07) is 2.05. The first kappa shape index (κ1) is 16.1. The molecule has 0 amide bonds. The number of hydrogen-bond donors (Lipinski definition) is 3. The van der Waals surface area contributed by atoms with Gasteiger partial charge in [0.25, 0.3) is 0 Å². The summed E-state index contributed by atoms with van der Waals surface area (Å²) in [5.74, 6) is 0. The number of rotatable bonds is 4. The summed E-state index contributed by atoms with van der Waals surface area (Å²) >= 11 is 0. The Labute approximate surface area is 120 Å². The van der Waals surface area contributed by atoms with Gasteiger partial charge in [0.15, 0.2) is 0 Å². The maximum Gasteiger partial charge on any atom is 0.0811 e. The maximum absolute atomic E-state index is 9.42. The molecule has 1 aromatic rings. The molecule has 5 heteroatoms. The zero-order chi connectivity index (χ0) is 13.0. The molecule has 19 heavy (non-hydrogen) atoms. The Kier molecular flexibility index (Phi) is 6.45. The van der Waals surface area contributed by atoms with Crippen molar-refractivity contribution in [1.29, 1.82) is 0 Å². The van der Waals surface area contributed by atoms with Crippen LogP contribution in [0.3, 0.4) is 0 Å². The number of aryl methyl sites for hydroxylation is 1. The van der Waals surface area contributed by atoms with Gasteiger partial charge in [-0.25, -0.2) is 0 Å². The van der Waals surface area contributed by atoms with Crippen molar-refractivity contribution in [2.45, 2.75) is 25.9 Å². The van der Waals surface area contributed by atoms with E-state index in [2.05, 4.69) is 16.4 Å². The lowest BCUT2D eigenvalue weighted by molar-refractivity contribution is 0.0954. The van der Waals surface area contributed by atoms with E-state index in [1.165, 1.54) is 5.57 Å². The van der Waals surface area contributed by atoms with E-state index in [9.17, 15) is 5.11 Å². The molecule has 0 radical (unpaired) electrons. The standard InChI is InChI=1S/C14H20N2O2.ClH/c1-10-6-11(7-13(18)9-17)8-16-14(10)12-2-4-15-5-3-12;/h2,6,8,13,15,17-18H,3-5,7,9H2,1H3;1H/t13-;/m1./s1. The molecule has 1 aliphatic heterocycles. The van der Waals surface area contributed by atoms with Gasteiger partial charge in [0.1, 0.15) is 0 Å². The monoisotopic (exact) mass is 284 g/mol. The summed E-state index contributed by atoms with van der Waals surface area (Å²) in [6.07, 6.45) is 4.73. The second-order valence-corrected chi connectivity index (χ2v) is 4.73. The van der Waals surface area contributed by atoms with E-state index in [4.69, 9.17) is 5.11 Å². The molecule has 2 rings (SSSR count). The Morgan fingerprint density at radius 1 is 1.47 bits per heavy atom. The number of hydrogen-bond acceptors (Lipinski definition) is 4. The fourth-order valence-electron chi connectivity index (χ4n) is 2.26. The molecule has 0 saturated carbocycles. The summed E-state index contributed by atoms with van der Waals surface area (Å²) < 4.78 is 0. The predicted molar refractivity (Wildman–Crippen MR) is 78.5 cm³/mol. The Balaban J connectivity index is 0.00000180. The average Bonchev–Trinajstić information content (AvgIpc) is 2.40. The molecule has 1 atom stereocenters. The van der Waals surface area contributed by atoms with Crippen LogP contribution < -0.4 is 5.32 Å². The average molecular weight is 285 g/mol. The number of halogens is 1. The van der Waals surface area contributed by atoms with Crippen LogP contribution in [0.15, 0.2) is 18.3 Å². The number of aliphatic hydroxyl groups is 2. The van der Waals surface area contributed by atoms with Gasteiger partial charge in [0.05, 0.1) is 18.4 Å². The smallest absolute Gasteiger partial charge is 0.0811 e. The van der Waals surface area contributed by atoms with E-state index >= 15 is 0 Å². The number of nitrogens with zero attached hydrogens (tertiary/aromatic N) is 1. The summed E-state index contributed by atoms with van der Waals surface area (Å²) in [5, 5.41) is 21.5. The van der Waals surface area contributed by atoms with Gasteiger partial charge in [-0.05, 0) is 36.6 Å². The first-order valence-electron chi connectivity index (χ1n) is 6.35. The number of nitrogens with one attached hydrogen (secondary N) is 1. The highest BCUT2D eigenvalue weighted by Crippen LogP contribution is 2.21. The highest BCUT2D eigenvalue weighted by atomic mass is 35.5. The van der Waals surface area contributed by atoms with Crippen molar-refractivity contribution in [2.75, 3.05) is 19.7 Å². The fourth-order valence-corrected chi connectivity index (χ4v) is 2.26. The largest absolute Gasteiger partial charge is 0.394 e. The van der Waals surface area contributed by atoms with E-state index < -0.39 is 6.10 Å². The molecule has 106 valence electrons. The van der Waals surface area contributed by atoms with Gasteiger partial charge >= 0.3 is 0 Å². The lowest BCUT2D eigenvalue weighted by atomic mass is 9.99.